The molecular weight excluding hydrogens is 296 g/mol. The quantitative estimate of drug-likeness (QED) is 0.883. The average Bonchev–Trinajstić information content (AvgIpc) is 2.27. The lowest BCUT2D eigenvalue weighted by Gasteiger charge is -2.13. The summed E-state index contributed by atoms with van der Waals surface area (Å²) in [4.78, 5) is 10.1. The van der Waals surface area contributed by atoms with Gasteiger partial charge in [0.15, 0.2) is 0 Å². The highest BCUT2D eigenvalue weighted by atomic mass is 79.9. The number of nitrogens with zero attached hydrogens (tertiary/aromatic N) is 3. The van der Waals surface area contributed by atoms with Crippen molar-refractivity contribution in [1.29, 1.82) is 0 Å². The third-order valence-electron chi connectivity index (χ3n) is 2.24. The number of hydrogen-bond acceptors (Lipinski definition) is 5. The van der Waals surface area contributed by atoms with Crippen LogP contribution in [0.15, 0.2) is 34.9 Å². The number of halogens is 1. The number of hydrogen-bond donors (Lipinski definition) is 1. The van der Waals surface area contributed by atoms with E-state index in [0.717, 1.165) is 5.69 Å². The zero-order chi connectivity index (χ0) is 13.1. The number of aromatic nitrogens is 2. The van der Waals surface area contributed by atoms with Crippen molar-refractivity contribution >= 4 is 27.4 Å². The summed E-state index contributed by atoms with van der Waals surface area (Å²) < 4.78 is 6.16. The summed E-state index contributed by atoms with van der Waals surface area (Å²) in [6, 6.07) is 9.48. The molecule has 2 N–H and O–H groups in total. The predicted molar refractivity (Wildman–Crippen MR) is 75.0 cm³/mol. The highest BCUT2D eigenvalue weighted by Gasteiger charge is 2.05. The summed E-state index contributed by atoms with van der Waals surface area (Å²) in [5.74, 6) is 1.02. The number of nitrogens with two attached hydrogens (primary N) is 1. The Bertz CT molecular complexity index is 539. The Morgan fingerprint density at radius 2 is 2.00 bits per heavy atom. The van der Waals surface area contributed by atoms with E-state index >= 15 is 0 Å². The van der Waals surface area contributed by atoms with Gasteiger partial charge in [0.2, 0.25) is 0 Å². The Hall–Kier alpha value is -1.82. The third-order valence-corrected chi connectivity index (χ3v) is 2.64. The minimum absolute atomic E-state index is 0.220. The van der Waals surface area contributed by atoms with Gasteiger partial charge in [-0.15, -0.1) is 0 Å². The van der Waals surface area contributed by atoms with Crippen LogP contribution in [-0.2, 0) is 0 Å². The summed E-state index contributed by atoms with van der Waals surface area (Å²) in [5, 5.41) is 0. The molecular formula is C12H13BrN4O. The van der Waals surface area contributed by atoms with E-state index in [2.05, 4.69) is 25.9 Å². The number of nitrogen functional groups attached to an aromatic ring is 1. The lowest BCUT2D eigenvalue weighted by Crippen LogP contribution is -2.08. The number of ether oxygens (including phenoxy) is 1. The maximum absolute atomic E-state index is 5.62. The van der Waals surface area contributed by atoms with Crippen molar-refractivity contribution in [1.82, 2.24) is 9.97 Å². The first-order chi connectivity index (χ1) is 8.54. The number of benzene rings is 1. The SMILES string of the molecule is CN(C)c1cccc(Oc2nc(N)cc(Br)n2)c1. The standard InChI is InChI=1S/C12H13BrN4O/c1-17(2)8-4-3-5-9(6-8)18-12-15-10(13)7-11(14)16-12/h3-7H,1-2H3,(H2,14,15,16). The summed E-state index contributed by atoms with van der Waals surface area (Å²) in [6.45, 7) is 0. The molecule has 0 aliphatic carbocycles. The predicted octanol–water partition coefficient (Wildman–Crippen LogP) is 2.68. The highest BCUT2D eigenvalue weighted by molar-refractivity contribution is 9.10. The first kappa shape index (κ1) is 12.6. The van der Waals surface area contributed by atoms with Gasteiger partial charge in [-0.05, 0) is 28.1 Å². The Kier molecular flexibility index (Phi) is 3.66. The van der Waals surface area contributed by atoms with Crippen LogP contribution in [0.3, 0.4) is 0 Å². The molecule has 1 aromatic heterocycles. The fraction of sp³-hybridized carbons (Fsp3) is 0.167. The molecule has 0 aliphatic heterocycles. The van der Waals surface area contributed by atoms with Crippen LogP contribution in [0.5, 0.6) is 11.8 Å². The van der Waals surface area contributed by atoms with Crippen molar-refractivity contribution in [2.24, 2.45) is 0 Å². The van der Waals surface area contributed by atoms with Gasteiger partial charge in [-0.1, -0.05) is 6.07 Å². The monoisotopic (exact) mass is 308 g/mol. The van der Waals surface area contributed by atoms with Crippen LogP contribution in [-0.4, -0.2) is 24.1 Å². The van der Waals surface area contributed by atoms with Crippen molar-refractivity contribution in [3.8, 4) is 11.8 Å². The number of anilines is 2. The van der Waals surface area contributed by atoms with Crippen LogP contribution < -0.4 is 15.4 Å². The molecule has 0 saturated heterocycles. The fourth-order valence-electron chi connectivity index (χ4n) is 1.39. The first-order valence-corrected chi connectivity index (χ1v) is 6.09. The summed E-state index contributed by atoms with van der Waals surface area (Å²) in [6.07, 6.45) is 0. The van der Waals surface area contributed by atoms with Crippen molar-refractivity contribution in [3.05, 3.63) is 34.9 Å². The molecule has 0 spiro atoms. The van der Waals surface area contributed by atoms with Crippen molar-refractivity contribution in [2.75, 3.05) is 24.7 Å². The molecule has 0 bridgehead atoms. The smallest absolute Gasteiger partial charge is 0.325 e. The van der Waals surface area contributed by atoms with Crippen molar-refractivity contribution in [3.63, 3.8) is 0 Å². The van der Waals surface area contributed by atoms with Gasteiger partial charge in [0.05, 0.1) is 0 Å². The van der Waals surface area contributed by atoms with Crippen LogP contribution in [0.25, 0.3) is 0 Å². The van der Waals surface area contributed by atoms with Gasteiger partial charge < -0.3 is 15.4 Å². The fourth-order valence-corrected chi connectivity index (χ4v) is 1.78. The van der Waals surface area contributed by atoms with E-state index in [4.69, 9.17) is 10.5 Å². The second-order valence-corrected chi connectivity index (χ2v) is 4.70. The average molecular weight is 309 g/mol. The minimum Gasteiger partial charge on any atom is -0.424 e. The molecule has 5 nitrogen and oxygen atoms in total. The first-order valence-electron chi connectivity index (χ1n) is 5.30. The van der Waals surface area contributed by atoms with E-state index in [1.165, 1.54) is 0 Å². The lowest BCUT2D eigenvalue weighted by atomic mass is 10.3. The summed E-state index contributed by atoms with van der Waals surface area (Å²) in [5.41, 5.74) is 6.66. The lowest BCUT2D eigenvalue weighted by molar-refractivity contribution is 0.441. The zero-order valence-corrected chi connectivity index (χ0v) is 11.7. The second kappa shape index (κ2) is 5.22. The summed E-state index contributed by atoms with van der Waals surface area (Å²) in [7, 11) is 3.93. The molecule has 2 rings (SSSR count). The van der Waals surface area contributed by atoms with Crippen molar-refractivity contribution < 1.29 is 4.74 Å². The minimum atomic E-state index is 0.220. The molecule has 1 heterocycles. The van der Waals surface area contributed by atoms with Gasteiger partial charge in [-0.25, -0.2) is 0 Å². The van der Waals surface area contributed by atoms with E-state index < -0.39 is 0 Å². The van der Waals surface area contributed by atoms with E-state index in [1.807, 2.05) is 43.3 Å². The van der Waals surface area contributed by atoms with Crippen molar-refractivity contribution in [2.45, 2.75) is 0 Å². The molecule has 1 aromatic carbocycles. The maximum atomic E-state index is 5.62. The molecule has 18 heavy (non-hydrogen) atoms. The molecule has 0 unspecified atom stereocenters. The Morgan fingerprint density at radius 3 is 2.67 bits per heavy atom. The van der Waals surface area contributed by atoms with Gasteiger partial charge in [0, 0.05) is 31.9 Å². The van der Waals surface area contributed by atoms with Gasteiger partial charge in [-0.3, -0.25) is 0 Å². The summed E-state index contributed by atoms with van der Waals surface area (Å²) >= 11 is 3.24. The molecule has 6 heteroatoms. The second-order valence-electron chi connectivity index (χ2n) is 3.89. The Balaban J connectivity index is 2.25. The zero-order valence-electron chi connectivity index (χ0n) is 10.1. The Labute approximate surface area is 114 Å². The normalized spacial score (nSPS) is 10.2. The molecule has 2 aromatic rings. The molecule has 0 saturated carbocycles. The molecule has 0 atom stereocenters. The Morgan fingerprint density at radius 1 is 1.22 bits per heavy atom. The van der Waals surface area contributed by atoms with E-state index in [9.17, 15) is 0 Å². The van der Waals surface area contributed by atoms with E-state index in [0.29, 0.717) is 16.2 Å². The van der Waals surface area contributed by atoms with Gasteiger partial charge in [0.1, 0.15) is 16.2 Å². The van der Waals surface area contributed by atoms with Crippen LogP contribution in [0.2, 0.25) is 0 Å². The largest absolute Gasteiger partial charge is 0.424 e. The molecule has 0 radical (unpaired) electrons. The van der Waals surface area contributed by atoms with Gasteiger partial charge >= 0.3 is 6.01 Å². The number of rotatable bonds is 3. The van der Waals surface area contributed by atoms with Gasteiger partial charge in [0.25, 0.3) is 0 Å². The van der Waals surface area contributed by atoms with Crippen LogP contribution >= 0.6 is 15.9 Å². The molecule has 0 fully saturated rings. The molecule has 0 aliphatic rings. The maximum Gasteiger partial charge on any atom is 0.325 e. The van der Waals surface area contributed by atoms with Crippen LogP contribution in [0.1, 0.15) is 0 Å². The van der Waals surface area contributed by atoms with E-state index in [1.54, 1.807) is 6.07 Å². The molecule has 0 amide bonds. The van der Waals surface area contributed by atoms with Crippen LogP contribution in [0.4, 0.5) is 11.5 Å². The third kappa shape index (κ3) is 3.10. The highest BCUT2D eigenvalue weighted by Crippen LogP contribution is 2.24. The topological polar surface area (TPSA) is 64.3 Å². The van der Waals surface area contributed by atoms with Gasteiger partial charge in [-0.2, -0.15) is 9.97 Å². The van der Waals surface area contributed by atoms with Crippen LogP contribution in [0, 0.1) is 0 Å². The molecule has 94 valence electrons. The van der Waals surface area contributed by atoms with E-state index in [-0.39, 0.29) is 6.01 Å².